The lowest BCUT2D eigenvalue weighted by atomic mass is 10.1. The molecule has 0 aliphatic heterocycles. The second kappa shape index (κ2) is 10.5. The summed E-state index contributed by atoms with van der Waals surface area (Å²) in [5, 5.41) is 8.98. The van der Waals surface area contributed by atoms with Crippen LogP contribution in [0.2, 0.25) is 5.02 Å². The number of carbonyl (C=O) groups is 2. The van der Waals surface area contributed by atoms with Gasteiger partial charge in [-0.2, -0.15) is 0 Å². The average Bonchev–Trinajstić information content (AvgIpc) is 2.45. The van der Waals surface area contributed by atoms with Crippen LogP contribution in [0.25, 0.3) is 0 Å². The van der Waals surface area contributed by atoms with Gasteiger partial charge in [-0.25, -0.2) is 0 Å². The van der Waals surface area contributed by atoms with Gasteiger partial charge in [0.2, 0.25) is 5.91 Å². The van der Waals surface area contributed by atoms with E-state index in [0.717, 1.165) is 0 Å². The van der Waals surface area contributed by atoms with E-state index in [4.69, 9.17) is 11.6 Å². The molecule has 3 N–H and O–H groups in total. The quantitative estimate of drug-likeness (QED) is 0.698. The van der Waals surface area contributed by atoms with Crippen LogP contribution >= 0.6 is 24.0 Å². The predicted octanol–water partition coefficient (Wildman–Crippen LogP) is 3.08. The number of amides is 2. The van der Waals surface area contributed by atoms with Crippen molar-refractivity contribution in [1.82, 2.24) is 10.6 Å². The molecule has 1 aromatic rings. The number of hydrogen-bond acceptors (Lipinski definition) is 3. The highest BCUT2D eigenvalue weighted by molar-refractivity contribution is 6.34. The molecular weight excluding hydrogens is 337 g/mol. The summed E-state index contributed by atoms with van der Waals surface area (Å²) >= 11 is 6.07. The second-order valence-corrected chi connectivity index (χ2v) is 6.15. The SMILES string of the molecule is CNC(C)CNC(=O)c1cc(NC(=O)CC(C)C)ccc1Cl.Cl. The molecule has 23 heavy (non-hydrogen) atoms. The minimum Gasteiger partial charge on any atom is -0.350 e. The van der Waals surface area contributed by atoms with E-state index in [2.05, 4.69) is 16.0 Å². The number of hydrogen-bond donors (Lipinski definition) is 3. The number of benzene rings is 1. The van der Waals surface area contributed by atoms with Gasteiger partial charge in [-0.3, -0.25) is 9.59 Å². The van der Waals surface area contributed by atoms with Gasteiger partial charge in [0.1, 0.15) is 0 Å². The summed E-state index contributed by atoms with van der Waals surface area (Å²) in [6.07, 6.45) is 0.434. The first-order chi connectivity index (χ1) is 10.3. The molecule has 5 nitrogen and oxygen atoms in total. The van der Waals surface area contributed by atoms with Crippen LogP contribution in [0, 0.1) is 5.92 Å². The summed E-state index contributed by atoms with van der Waals surface area (Å²) in [5.41, 5.74) is 0.925. The van der Waals surface area contributed by atoms with Gasteiger partial charge in [-0.15, -0.1) is 12.4 Å². The van der Waals surface area contributed by atoms with Crippen LogP contribution in [-0.4, -0.2) is 31.4 Å². The average molecular weight is 362 g/mol. The molecule has 0 saturated heterocycles. The molecule has 2 amide bonds. The summed E-state index contributed by atoms with van der Waals surface area (Å²) in [7, 11) is 1.83. The summed E-state index contributed by atoms with van der Waals surface area (Å²) in [6.45, 7) is 6.41. The van der Waals surface area contributed by atoms with Crippen molar-refractivity contribution in [3.8, 4) is 0 Å². The molecule has 0 spiro atoms. The molecule has 0 radical (unpaired) electrons. The zero-order valence-corrected chi connectivity index (χ0v) is 15.5. The van der Waals surface area contributed by atoms with Crippen LogP contribution in [0.3, 0.4) is 0 Å². The molecule has 1 unspecified atom stereocenters. The molecule has 1 aromatic carbocycles. The summed E-state index contributed by atoms with van der Waals surface area (Å²) in [4.78, 5) is 24.0. The lowest BCUT2D eigenvalue weighted by Crippen LogP contribution is -2.37. The van der Waals surface area contributed by atoms with E-state index < -0.39 is 0 Å². The number of halogens is 2. The van der Waals surface area contributed by atoms with E-state index in [1.807, 2.05) is 27.8 Å². The Labute approximate surface area is 149 Å². The highest BCUT2D eigenvalue weighted by atomic mass is 35.5. The Morgan fingerprint density at radius 3 is 2.43 bits per heavy atom. The summed E-state index contributed by atoms with van der Waals surface area (Å²) in [5.74, 6) is -0.0577. The van der Waals surface area contributed by atoms with E-state index in [1.165, 1.54) is 0 Å². The number of anilines is 1. The van der Waals surface area contributed by atoms with Gasteiger partial charge < -0.3 is 16.0 Å². The lowest BCUT2D eigenvalue weighted by molar-refractivity contribution is -0.116. The molecule has 0 bridgehead atoms. The first-order valence-corrected chi connectivity index (χ1v) is 7.76. The molecule has 0 aromatic heterocycles. The number of carbonyl (C=O) groups excluding carboxylic acids is 2. The fourth-order valence-electron chi connectivity index (χ4n) is 1.80. The van der Waals surface area contributed by atoms with Crippen LogP contribution < -0.4 is 16.0 Å². The molecule has 0 saturated carbocycles. The molecule has 0 fully saturated rings. The van der Waals surface area contributed by atoms with Crippen molar-refractivity contribution < 1.29 is 9.59 Å². The Morgan fingerprint density at radius 1 is 1.22 bits per heavy atom. The normalized spacial score (nSPS) is 11.6. The molecule has 1 atom stereocenters. The van der Waals surface area contributed by atoms with Crippen LogP contribution in [0.5, 0.6) is 0 Å². The molecular formula is C16H25Cl2N3O2. The van der Waals surface area contributed by atoms with Gasteiger partial charge in [0.05, 0.1) is 10.6 Å². The Bertz CT molecular complexity index is 536. The van der Waals surface area contributed by atoms with Gasteiger partial charge in [-0.05, 0) is 38.1 Å². The summed E-state index contributed by atoms with van der Waals surface area (Å²) in [6, 6.07) is 5.06. The van der Waals surface area contributed by atoms with Crippen molar-refractivity contribution >= 4 is 41.5 Å². The first kappa shape index (κ1) is 21.7. The Hall–Kier alpha value is -1.30. The summed E-state index contributed by atoms with van der Waals surface area (Å²) < 4.78 is 0. The third-order valence-electron chi connectivity index (χ3n) is 3.15. The molecule has 1 rings (SSSR count). The van der Waals surface area contributed by atoms with Gasteiger partial charge >= 0.3 is 0 Å². The van der Waals surface area contributed by atoms with Gasteiger partial charge in [0, 0.05) is 24.7 Å². The monoisotopic (exact) mass is 361 g/mol. The fourth-order valence-corrected chi connectivity index (χ4v) is 2.01. The maximum absolute atomic E-state index is 12.2. The van der Waals surface area contributed by atoms with Crippen LogP contribution in [0.4, 0.5) is 5.69 Å². The lowest BCUT2D eigenvalue weighted by Gasteiger charge is -2.13. The smallest absolute Gasteiger partial charge is 0.252 e. The van der Waals surface area contributed by atoms with E-state index in [1.54, 1.807) is 18.2 Å². The van der Waals surface area contributed by atoms with Gasteiger partial charge in [0.25, 0.3) is 5.91 Å². The minimum atomic E-state index is -0.257. The molecule has 0 aliphatic carbocycles. The molecule has 0 heterocycles. The minimum absolute atomic E-state index is 0. The van der Waals surface area contributed by atoms with Crippen LogP contribution in [-0.2, 0) is 4.79 Å². The largest absolute Gasteiger partial charge is 0.350 e. The maximum Gasteiger partial charge on any atom is 0.252 e. The topological polar surface area (TPSA) is 70.2 Å². The zero-order valence-electron chi connectivity index (χ0n) is 13.9. The van der Waals surface area contributed by atoms with Crippen molar-refractivity contribution in [2.45, 2.75) is 33.2 Å². The van der Waals surface area contributed by atoms with E-state index in [0.29, 0.717) is 29.2 Å². The van der Waals surface area contributed by atoms with Crippen molar-refractivity contribution in [2.24, 2.45) is 5.92 Å². The first-order valence-electron chi connectivity index (χ1n) is 7.38. The number of likely N-dealkylation sites (N-methyl/N-ethyl adjacent to an activating group) is 1. The van der Waals surface area contributed by atoms with Crippen molar-refractivity contribution in [3.63, 3.8) is 0 Å². The van der Waals surface area contributed by atoms with E-state index in [-0.39, 0.29) is 36.2 Å². The molecule has 130 valence electrons. The van der Waals surface area contributed by atoms with Gasteiger partial charge in [-0.1, -0.05) is 25.4 Å². The Morgan fingerprint density at radius 2 is 1.87 bits per heavy atom. The van der Waals surface area contributed by atoms with Crippen LogP contribution in [0.15, 0.2) is 18.2 Å². The van der Waals surface area contributed by atoms with Crippen molar-refractivity contribution in [1.29, 1.82) is 0 Å². The van der Waals surface area contributed by atoms with E-state index >= 15 is 0 Å². The maximum atomic E-state index is 12.2. The number of rotatable bonds is 7. The second-order valence-electron chi connectivity index (χ2n) is 5.74. The third-order valence-corrected chi connectivity index (χ3v) is 3.48. The highest BCUT2D eigenvalue weighted by Gasteiger charge is 2.13. The number of nitrogens with one attached hydrogen (secondary N) is 3. The predicted molar refractivity (Wildman–Crippen MR) is 97.6 cm³/mol. The Kier molecular flexibility index (Phi) is 9.88. The van der Waals surface area contributed by atoms with Crippen LogP contribution in [0.1, 0.15) is 37.6 Å². The van der Waals surface area contributed by atoms with Gasteiger partial charge in [0.15, 0.2) is 0 Å². The highest BCUT2D eigenvalue weighted by Crippen LogP contribution is 2.21. The zero-order chi connectivity index (χ0) is 16.7. The van der Waals surface area contributed by atoms with Crippen molar-refractivity contribution in [2.75, 3.05) is 18.9 Å². The molecule has 0 aliphatic rings. The van der Waals surface area contributed by atoms with E-state index in [9.17, 15) is 9.59 Å². The third kappa shape index (κ3) is 7.68. The molecule has 7 heteroatoms. The standard InChI is InChI=1S/C16H24ClN3O2.ClH/c1-10(2)7-15(21)20-12-5-6-14(17)13(8-12)16(22)19-9-11(3)18-4;/h5-6,8,10-11,18H,7,9H2,1-4H3,(H,19,22)(H,20,21);1H. The Balaban J connectivity index is 0.00000484. The van der Waals surface area contributed by atoms with Crippen molar-refractivity contribution in [3.05, 3.63) is 28.8 Å². The fraction of sp³-hybridized carbons (Fsp3) is 0.500.